The zero-order chi connectivity index (χ0) is 9.45. The number of hydrogen-bond acceptors (Lipinski definition) is 0. The highest BCUT2D eigenvalue weighted by Crippen LogP contribution is 2.34. The molecule has 0 saturated heterocycles. The summed E-state index contributed by atoms with van der Waals surface area (Å²) in [6.07, 6.45) is 11.0. The van der Waals surface area contributed by atoms with Gasteiger partial charge in [0.1, 0.15) is 0 Å². The molecule has 0 atom stereocenters. The van der Waals surface area contributed by atoms with E-state index in [0.29, 0.717) is 5.41 Å². The molecule has 0 aliphatic carbocycles. The molecule has 12 heavy (non-hydrogen) atoms. The maximum absolute atomic E-state index is 2.36. The zero-order valence-corrected chi connectivity index (χ0v) is 9.19. The van der Waals surface area contributed by atoms with Crippen molar-refractivity contribution in [1.29, 1.82) is 0 Å². The SMILES string of the molecule is CCC=CCC(CC)(CC)CC. The van der Waals surface area contributed by atoms with Gasteiger partial charge in [0.25, 0.3) is 0 Å². The molecule has 0 aromatic heterocycles. The van der Waals surface area contributed by atoms with Crippen LogP contribution in [0.5, 0.6) is 0 Å². The molecule has 0 bridgehead atoms. The van der Waals surface area contributed by atoms with Crippen LogP contribution in [0.4, 0.5) is 0 Å². The Morgan fingerprint density at radius 3 is 1.67 bits per heavy atom. The highest BCUT2D eigenvalue weighted by molar-refractivity contribution is 4.89. The molecular weight excluding hydrogens is 144 g/mol. The van der Waals surface area contributed by atoms with Crippen molar-refractivity contribution < 1.29 is 0 Å². The van der Waals surface area contributed by atoms with Gasteiger partial charge >= 0.3 is 0 Å². The molecule has 0 N–H and O–H groups in total. The molecule has 0 radical (unpaired) electrons. The minimum absolute atomic E-state index is 0.589. The molecule has 0 amide bonds. The highest BCUT2D eigenvalue weighted by atomic mass is 14.3. The summed E-state index contributed by atoms with van der Waals surface area (Å²) in [4.78, 5) is 0. The van der Waals surface area contributed by atoms with Crippen molar-refractivity contribution in [2.75, 3.05) is 0 Å². The summed E-state index contributed by atoms with van der Waals surface area (Å²) < 4.78 is 0. The molecule has 0 saturated carbocycles. The van der Waals surface area contributed by atoms with Gasteiger partial charge in [-0.15, -0.1) is 0 Å². The van der Waals surface area contributed by atoms with E-state index >= 15 is 0 Å². The van der Waals surface area contributed by atoms with Gasteiger partial charge in [0, 0.05) is 0 Å². The average molecular weight is 168 g/mol. The van der Waals surface area contributed by atoms with Gasteiger partial charge in [-0.3, -0.25) is 0 Å². The first-order valence-electron chi connectivity index (χ1n) is 5.39. The first kappa shape index (κ1) is 11.7. The minimum Gasteiger partial charge on any atom is -0.0888 e. The van der Waals surface area contributed by atoms with Gasteiger partial charge in [0.05, 0.1) is 0 Å². The molecule has 0 aliphatic heterocycles. The topological polar surface area (TPSA) is 0 Å². The van der Waals surface area contributed by atoms with E-state index in [1.54, 1.807) is 0 Å². The van der Waals surface area contributed by atoms with Crippen molar-refractivity contribution in [2.24, 2.45) is 5.41 Å². The normalized spacial score (nSPS) is 12.7. The van der Waals surface area contributed by atoms with Crippen molar-refractivity contribution in [3.63, 3.8) is 0 Å². The Labute approximate surface area is 78.1 Å². The van der Waals surface area contributed by atoms with E-state index < -0.39 is 0 Å². The molecule has 0 aliphatic rings. The summed E-state index contributed by atoms with van der Waals surface area (Å²) in [7, 11) is 0. The smallest absolute Gasteiger partial charge is 0.0271 e. The lowest BCUT2D eigenvalue weighted by Gasteiger charge is -2.28. The molecule has 72 valence electrons. The van der Waals surface area contributed by atoms with Crippen LogP contribution in [-0.4, -0.2) is 0 Å². The van der Waals surface area contributed by atoms with E-state index in [1.807, 2.05) is 0 Å². The predicted molar refractivity (Wildman–Crippen MR) is 57.4 cm³/mol. The lowest BCUT2D eigenvalue weighted by molar-refractivity contribution is 0.254. The first-order chi connectivity index (χ1) is 5.74. The Kier molecular flexibility index (Phi) is 6.14. The standard InChI is InChI=1S/C12H24/c1-5-9-10-11-12(6-2,7-3)8-4/h9-10H,5-8,11H2,1-4H3. The quantitative estimate of drug-likeness (QED) is 0.510. The van der Waals surface area contributed by atoms with Gasteiger partial charge in [-0.1, -0.05) is 59.1 Å². The van der Waals surface area contributed by atoms with Crippen molar-refractivity contribution in [1.82, 2.24) is 0 Å². The molecule has 0 spiro atoms. The summed E-state index contributed by atoms with van der Waals surface area (Å²) in [6, 6.07) is 0. The average Bonchev–Trinajstić information content (AvgIpc) is 2.14. The zero-order valence-electron chi connectivity index (χ0n) is 9.19. The van der Waals surface area contributed by atoms with Crippen LogP contribution in [0.25, 0.3) is 0 Å². The molecule has 0 aromatic carbocycles. The fourth-order valence-electron chi connectivity index (χ4n) is 1.68. The van der Waals surface area contributed by atoms with Crippen LogP contribution < -0.4 is 0 Å². The second-order valence-corrected chi connectivity index (χ2v) is 3.64. The van der Waals surface area contributed by atoms with Crippen LogP contribution in [0.3, 0.4) is 0 Å². The van der Waals surface area contributed by atoms with Crippen LogP contribution in [0.2, 0.25) is 0 Å². The van der Waals surface area contributed by atoms with Gasteiger partial charge in [0.2, 0.25) is 0 Å². The molecule has 0 unspecified atom stereocenters. The van der Waals surface area contributed by atoms with Crippen LogP contribution in [0, 0.1) is 5.41 Å². The molecule has 0 nitrogen and oxygen atoms in total. The second kappa shape index (κ2) is 6.28. The van der Waals surface area contributed by atoms with E-state index in [1.165, 1.54) is 32.1 Å². The van der Waals surface area contributed by atoms with Crippen LogP contribution >= 0.6 is 0 Å². The Balaban J connectivity index is 4.01. The fourth-order valence-corrected chi connectivity index (χ4v) is 1.68. The Hall–Kier alpha value is -0.260. The second-order valence-electron chi connectivity index (χ2n) is 3.64. The predicted octanol–water partition coefficient (Wildman–Crippen LogP) is 4.56. The highest BCUT2D eigenvalue weighted by Gasteiger charge is 2.21. The summed E-state index contributed by atoms with van der Waals surface area (Å²) >= 11 is 0. The molecule has 0 rings (SSSR count). The van der Waals surface area contributed by atoms with E-state index in [2.05, 4.69) is 39.8 Å². The third-order valence-electron chi connectivity index (χ3n) is 3.20. The summed E-state index contributed by atoms with van der Waals surface area (Å²) in [6.45, 7) is 9.13. The lowest BCUT2D eigenvalue weighted by Crippen LogP contribution is -2.16. The van der Waals surface area contributed by atoms with E-state index in [4.69, 9.17) is 0 Å². The minimum atomic E-state index is 0.589. The van der Waals surface area contributed by atoms with Gasteiger partial charge in [0.15, 0.2) is 0 Å². The monoisotopic (exact) mass is 168 g/mol. The third kappa shape index (κ3) is 3.42. The molecular formula is C12H24. The fraction of sp³-hybridized carbons (Fsp3) is 0.833. The Morgan fingerprint density at radius 2 is 1.33 bits per heavy atom. The summed E-state index contributed by atoms with van der Waals surface area (Å²) in [5.74, 6) is 0. The number of rotatable bonds is 6. The van der Waals surface area contributed by atoms with Crippen molar-refractivity contribution in [2.45, 2.75) is 59.8 Å². The van der Waals surface area contributed by atoms with Gasteiger partial charge < -0.3 is 0 Å². The van der Waals surface area contributed by atoms with Crippen LogP contribution in [0.1, 0.15) is 59.8 Å². The molecule has 0 aromatic rings. The van der Waals surface area contributed by atoms with Crippen molar-refractivity contribution in [3.8, 4) is 0 Å². The largest absolute Gasteiger partial charge is 0.0888 e. The van der Waals surface area contributed by atoms with Crippen molar-refractivity contribution >= 4 is 0 Å². The first-order valence-corrected chi connectivity index (χ1v) is 5.39. The Bertz CT molecular complexity index is 110. The Morgan fingerprint density at radius 1 is 0.833 bits per heavy atom. The van der Waals surface area contributed by atoms with Crippen LogP contribution in [-0.2, 0) is 0 Å². The number of allylic oxidation sites excluding steroid dienone is 2. The van der Waals surface area contributed by atoms with Crippen molar-refractivity contribution in [3.05, 3.63) is 12.2 Å². The van der Waals surface area contributed by atoms with E-state index in [9.17, 15) is 0 Å². The maximum Gasteiger partial charge on any atom is -0.0271 e. The van der Waals surface area contributed by atoms with E-state index in [-0.39, 0.29) is 0 Å². The number of hydrogen-bond donors (Lipinski definition) is 0. The molecule has 0 heterocycles. The molecule has 0 fully saturated rings. The van der Waals surface area contributed by atoms with E-state index in [0.717, 1.165) is 0 Å². The summed E-state index contributed by atoms with van der Waals surface area (Å²) in [5, 5.41) is 0. The molecule has 0 heteroatoms. The van der Waals surface area contributed by atoms with Gasteiger partial charge in [-0.2, -0.15) is 0 Å². The third-order valence-corrected chi connectivity index (χ3v) is 3.20. The lowest BCUT2D eigenvalue weighted by atomic mass is 9.77. The van der Waals surface area contributed by atoms with Gasteiger partial charge in [-0.25, -0.2) is 0 Å². The van der Waals surface area contributed by atoms with Crippen LogP contribution in [0.15, 0.2) is 12.2 Å². The van der Waals surface area contributed by atoms with Gasteiger partial charge in [-0.05, 0) is 18.3 Å². The summed E-state index contributed by atoms with van der Waals surface area (Å²) in [5.41, 5.74) is 0.589. The maximum atomic E-state index is 2.36.